The van der Waals surface area contributed by atoms with Crippen molar-refractivity contribution in [2.75, 3.05) is 13.1 Å². The molecule has 1 N–H and O–H groups in total. The molecule has 0 amide bonds. The molecule has 0 aromatic carbocycles. The van der Waals surface area contributed by atoms with E-state index < -0.39 is 0 Å². The summed E-state index contributed by atoms with van der Waals surface area (Å²) in [5, 5.41) is 3.24. The van der Waals surface area contributed by atoms with Crippen molar-refractivity contribution in [3.63, 3.8) is 0 Å². The van der Waals surface area contributed by atoms with Crippen LogP contribution in [0.25, 0.3) is 0 Å². The number of piperidine rings is 1. The average molecular weight is 174 g/mol. The monoisotopic (exact) mass is 173 g/mol. The number of nitrogens with one attached hydrogen (secondary N) is 1. The SMILES string of the molecule is C=C1CNCC(=C)C1(C)C.Cl. The zero-order valence-corrected chi connectivity index (χ0v) is 8.05. The highest BCUT2D eigenvalue weighted by Gasteiger charge is 2.27. The lowest BCUT2D eigenvalue weighted by Crippen LogP contribution is -2.36. The molecule has 2 heteroatoms. The van der Waals surface area contributed by atoms with Crippen LogP contribution in [0.2, 0.25) is 0 Å². The molecule has 0 radical (unpaired) electrons. The lowest BCUT2D eigenvalue weighted by molar-refractivity contribution is 0.459. The second kappa shape index (κ2) is 3.42. The van der Waals surface area contributed by atoms with Gasteiger partial charge in [-0.25, -0.2) is 0 Å². The predicted octanol–water partition coefficient (Wildman–Crippen LogP) is 2.15. The molecule has 0 bridgehead atoms. The van der Waals surface area contributed by atoms with Gasteiger partial charge in [-0.3, -0.25) is 0 Å². The molecule has 0 atom stereocenters. The van der Waals surface area contributed by atoms with Gasteiger partial charge in [0, 0.05) is 18.5 Å². The number of rotatable bonds is 0. The van der Waals surface area contributed by atoms with Gasteiger partial charge in [-0.2, -0.15) is 0 Å². The molecular formula is C9H16ClN. The third-order valence-electron chi connectivity index (χ3n) is 2.44. The summed E-state index contributed by atoms with van der Waals surface area (Å²) >= 11 is 0. The van der Waals surface area contributed by atoms with Crippen molar-refractivity contribution >= 4 is 12.4 Å². The van der Waals surface area contributed by atoms with Crippen LogP contribution in [-0.2, 0) is 0 Å². The Bertz CT molecular complexity index is 164. The highest BCUT2D eigenvalue weighted by molar-refractivity contribution is 5.85. The quantitative estimate of drug-likeness (QED) is 0.554. The Morgan fingerprint density at radius 3 is 1.82 bits per heavy atom. The van der Waals surface area contributed by atoms with Crippen LogP contribution in [0.1, 0.15) is 13.8 Å². The van der Waals surface area contributed by atoms with Crippen molar-refractivity contribution in [1.29, 1.82) is 0 Å². The van der Waals surface area contributed by atoms with E-state index in [-0.39, 0.29) is 17.8 Å². The van der Waals surface area contributed by atoms with Crippen molar-refractivity contribution in [2.45, 2.75) is 13.8 Å². The Morgan fingerprint density at radius 1 is 1.18 bits per heavy atom. The maximum absolute atomic E-state index is 3.99. The van der Waals surface area contributed by atoms with Crippen LogP contribution in [0.4, 0.5) is 0 Å². The van der Waals surface area contributed by atoms with Crippen LogP contribution in [-0.4, -0.2) is 13.1 Å². The van der Waals surface area contributed by atoms with Crippen LogP contribution < -0.4 is 5.32 Å². The number of hydrogen-bond acceptors (Lipinski definition) is 1. The number of halogens is 1. The number of hydrogen-bond donors (Lipinski definition) is 1. The topological polar surface area (TPSA) is 12.0 Å². The van der Waals surface area contributed by atoms with Gasteiger partial charge in [0.2, 0.25) is 0 Å². The van der Waals surface area contributed by atoms with E-state index in [2.05, 4.69) is 32.3 Å². The molecule has 1 fully saturated rings. The standard InChI is InChI=1S/C9H15N.ClH/c1-7-5-10-6-8(2)9(7,3)4;/h10H,1-2,5-6H2,3-4H3;1H. The summed E-state index contributed by atoms with van der Waals surface area (Å²) in [7, 11) is 0. The van der Waals surface area contributed by atoms with E-state index in [0.717, 1.165) is 13.1 Å². The van der Waals surface area contributed by atoms with Crippen LogP contribution in [0.5, 0.6) is 0 Å². The molecule has 64 valence electrons. The molecule has 11 heavy (non-hydrogen) atoms. The van der Waals surface area contributed by atoms with Crippen molar-refractivity contribution < 1.29 is 0 Å². The Kier molecular flexibility index (Phi) is 3.33. The summed E-state index contributed by atoms with van der Waals surface area (Å²) < 4.78 is 0. The Hall–Kier alpha value is -0.270. The van der Waals surface area contributed by atoms with E-state index >= 15 is 0 Å². The minimum Gasteiger partial charge on any atom is -0.309 e. The molecule has 1 nitrogen and oxygen atoms in total. The first-order valence-electron chi connectivity index (χ1n) is 3.62. The van der Waals surface area contributed by atoms with Gasteiger partial charge in [0.05, 0.1) is 0 Å². The van der Waals surface area contributed by atoms with Crippen LogP contribution >= 0.6 is 12.4 Å². The lowest BCUT2D eigenvalue weighted by atomic mass is 9.76. The summed E-state index contributed by atoms with van der Waals surface area (Å²) in [6.45, 7) is 14.2. The molecule has 0 spiro atoms. The fourth-order valence-electron chi connectivity index (χ4n) is 1.06. The largest absolute Gasteiger partial charge is 0.309 e. The van der Waals surface area contributed by atoms with Gasteiger partial charge in [-0.1, -0.05) is 38.2 Å². The molecule has 1 heterocycles. The van der Waals surface area contributed by atoms with Gasteiger partial charge in [0.1, 0.15) is 0 Å². The van der Waals surface area contributed by atoms with E-state index in [1.807, 2.05) is 0 Å². The maximum atomic E-state index is 3.99. The van der Waals surface area contributed by atoms with E-state index in [0.29, 0.717) is 0 Å². The van der Waals surface area contributed by atoms with Crippen molar-refractivity contribution in [2.24, 2.45) is 5.41 Å². The predicted molar refractivity (Wildman–Crippen MR) is 52.2 cm³/mol. The molecule has 0 aromatic heterocycles. The normalized spacial score (nSPS) is 22.7. The van der Waals surface area contributed by atoms with Crippen LogP contribution in [0.3, 0.4) is 0 Å². The van der Waals surface area contributed by atoms with Crippen molar-refractivity contribution in [3.05, 3.63) is 24.3 Å². The van der Waals surface area contributed by atoms with Gasteiger partial charge >= 0.3 is 0 Å². The highest BCUT2D eigenvalue weighted by atomic mass is 35.5. The first-order chi connectivity index (χ1) is 4.55. The Morgan fingerprint density at radius 2 is 1.55 bits per heavy atom. The second-order valence-electron chi connectivity index (χ2n) is 3.44. The van der Waals surface area contributed by atoms with Gasteiger partial charge in [-0.15, -0.1) is 12.4 Å². The lowest BCUT2D eigenvalue weighted by Gasteiger charge is -2.35. The molecule has 0 aromatic rings. The summed E-state index contributed by atoms with van der Waals surface area (Å²) in [6, 6.07) is 0. The van der Waals surface area contributed by atoms with Crippen LogP contribution in [0, 0.1) is 5.41 Å². The summed E-state index contributed by atoms with van der Waals surface area (Å²) in [4.78, 5) is 0. The Balaban J connectivity index is 0.000001000. The molecule has 0 unspecified atom stereocenters. The molecule has 0 aliphatic carbocycles. The minimum absolute atomic E-state index is 0. The van der Waals surface area contributed by atoms with Crippen molar-refractivity contribution in [3.8, 4) is 0 Å². The van der Waals surface area contributed by atoms with Gasteiger partial charge in [0.25, 0.3) is 0 Å². The smallest absolute Gasteiger partial charge is 0.0173 e. The zero-order valence-electron chi connectivity index (χ0n) is 7.24. The Labute approximate surface area is 75.0 Å². The van der Waals surface area contributed by atoms with E-state index in [1.54, 1.807) is 0 Å². The summed E-state index contributed by atoms with van der Waals surface area (Å²) in [5.41, 5.74) is 2.62. The van der Waals surface area contributed by atoms with Crippen molar-refractivity contribution in [1.82, 2.24) is 5.32 Å². The van der Waals surface area contributed by atoms with E-state index in [9.17, 15) is 0 Å². The molecule has 1 aliphatic heterocycles. The third-order valence-corrected chi connectivity index (χ3v) is 2.44. The summed E-state index contributed by atoms with van der Waals surface area (Å²) in [6.07, 6.45) is 0. The fraction of sp³-hybridized carbons (Fsp3) is 0.556. The molecular weight excluding hydrogens is 158 g/mol. The first-order valence-corrected chi connectivity index (χ1v) is 3.62. The van der Waals surface area contributed by atoms with E-state index in [1.165, 1.54) is 11.1 Å². The maximum Gasteiger partial charge on any atom is 0.0173 e. The third kappa shape index (κ3) is 1.85. The van der Waals surface area contributed by atoms with Gasteiger partial charge < -0.3 is 5.32 Å². The summed E-state index contributed by atoms with van der Waals surface area (Å²) in [5.74, 6) is 0. The first kappa shape index (κ1) is 10.7. The average Bonchev–Trinajstić information content (AvgIpc) is 1.84. The molecule has 1 saturated heterocycles. The minimum atomic E-state index is 0. The van der Waals surface area contributed by atoms with Gasteiger partial charge in [-0.05, 0) is 0 Å². The van der Waals surface area contributed by atoms with Gasteiger partial charge in [0.15, 0.2) is 0 Å². The van der Waals surface area contributed by atoms with Crippen LogP contribution in [0.15, 0.2) is 24.3 Å². The molecule has 0 saturated carbocycles. The zero-order chi connectivity index (χ0) is 7.78. The molecule has 1 rings (SSSR count). The van der Waals surface area contributed by atoms with E-state index in [4.69, 9.17) is 0 Å². The second-order valence-corrected chi connectivity index (χ2v) is 3.44. The fourth-order valence-corrected chi connectivity index (χ4v) is 1.06. The highest BCUT2D eigenvalue weighted by Crippen LogP contribution is 2.34. The molecule has 1 aliphatic rings.